The molecule has 0 unspecified atom stereocenters. The fraction of sp³-hybridized carbons (Fsp3) is 0.385. The molecule has 0 atom stereocenters. The molecular formula is C13H16FN3O4. The first kappa shape index (κ1) is 16.5. The minimum Gasteiger partial charge on any atom is -0.354 e. The smallest absolute Gasteiger partial charge is 0.270 e. The number of nitro benzene ring substituents is 1. The maximum absolute atomic E-state index is 13.5. The predicted octanol–water partition coefficient (Wildman–Crippen LogP) is 1.24. The van der Waals surface area contributed by atoms with Gasteiger partial charge >= 0.3 is 0 Å². The Morgan fingerprint density at radius 1 is 1.29 bits per heavy atom. The molecule has 1 aromatic rings. The Kier molecular flexibility index (Phi) is 5.77. The van der Waals surface area contributed by atoms with Crippen LogP contribution in [0.3, 0.4) is 0 Å². The Hall–Kier alpha value is -2.51. The van der Waals surface area contributed by atoms with Gasteiger partial charge < -0.3 is 10.6 Å². The number of rotatable bonds is 6. The van der Waals surface area contributed by atoms with Gasteiger partial charge in [0.1, 0.15) is 5.82 Å². The van der Waals surface area contributed by atoms with Crippen molar-refractivity contribution in [2.45, 2.75) is 13.8 Å². The Morgan fingerprint density at radius 2 is 1.90 bits per heavy atom. The second kappa shape index (κ2) is 7.32. The first-order chi connectivity index (χ1) is 9.82. The van der Waals surface area contributed by atoms with E-state index in [4.69, 9.17) is 0 Å². The molecule has 21 heavy (non-hydrogen) atoms. The molecule has 0 bridgehead atoms. The van der Waals surface area contributed by atoms with Crippen LogP contribution in [0.25, 0.3) is 0 Å². The van der Waals surface area contributed by atoms with Gasteiger partial charge in [-0.05, 0) is 6.07 Å². The number of carbonyl (C=O) groups is 2. The summed E-state index contributed by atoms with van der Waals surface area (Å²) in [6.45, 7) is 3.75. The van der Waals surface area contributed by atoms with Crippen LogP contribution < -0.4 is 10.6 Å². The summed E-state index contributed by atoms with van der Waals surface area (Å²) in [5, 5.41) is 15.6. The first-order valence-electron chi connectivity index (χ1n) is 6.32. The first-order valence-corrected chi connectivity index (χ1v) is 6.32. The third-order valence-electron chi connectivity index (χ3n) is 2.64. The van der Waals surface area contributed by atoms with Gasteiger partial charge in [-0.15, -0.1) is 0 Å². The average molecular weight is 297 g/mol. The summed E-state index contributed by atoms with van der Waals surface area (Å²) in [5.74, 6) is -1.94. The highest BCUT2D eigenvalue weighted by molar-refractivity contribution is 5.95. The molecule has 2 N–H and O–H groups in total. The van der Waals surface area contributed by atoms with E-state index in [9.17, 15) is 24.1 Å². The molecule has 0 aliphatic rings. The highest BCUT2D eigenvalue weighted by Gasteiger charge is 2.16. The van der Waals surface area contributed by atoms with Crippen molar-refractivity contribution in [3.63, 3.8) is 0 Å². The van der Waals surface area contributed by atoms with E-state index in [0.717, 1.165) is 18.2 Å². The Balaban J connectivity index is 2.58. The molecule has 1 aromatic carbocycles. The van der Waals surface area contributed by atoms with Crippen LogP contribution in [0.5, 0.6) is 0 Å². The molecule has 0 aromatic heterocycles. The van der Waals surface area contributed by atoms with Gasteiger partial charge in [0.25, 0.3) is 11.6 Å². The maximum Gasteiger partial charge on any atom is 0.270 e. The average Bonchev–Trinajstić information content (AvgIpc) is 2.43. The monoisotopic (exact) mass is 297 g/mol. The fourth-order valence-corrected chi connectivity index (χ4v) is 1.46. The topological polar surface area (TPSA) is 101 Å². The van der Waals surface area contributed by atoms with Gasteiger partial charge in [-0.2, -0.15) is 0 Å². The number of carbonyl (C=O) groups excluding carboxylic acids is 2. The molecule has 7 nitrogen and oxygen atoms in total. The lowest BCUT2D eigenvalue weighted by atomic mass is 10.1. The molecule has 0 aliphatic carbocycles. The number of nitrogens with zero attached hydrogens (tertiary/aromatic N) is 1. The summed E-state index contributed by atoms with van der Waals surface area (Å²) < 4.78 is 13.5. The zero-order valence-corrected chi connectivity index (χ0v) is 11.7. The molecule has 0 spiro atoms. The summed E-state index contributed by atoms with van der Waals surface area (Å²) in [4.78, 5) is 32.9. The second-order valence-electron chi connectivity index (χ2n) is 4.62. The summed E-state index contributed by atoms with van der Waals surface area (Å²) in [6.07, 6.45) is 0. The number of halogens is 1. The number of non-ortho nitro benzene ring substituents is 1. The van der Waals surface area contributed by atoms with E-state index in [1.807, 2.05) is 0 Å². The summed E-state index contributed by atoms with van der Waals surface area (Å²) in [6, 6.07) is 2.72. The third kappa shape index (κ3) is 4.83. The lowest BCUT2D eigenvalue weighted by Crippen LogP contribution is -2.36. The van der Waals surface area contributed by atoms with Crippen LogP contribution in [-0.4, -0.2) is 29.8 Å². The molecule has 0 aliphatic heterocycles. The minimum absolute atomic E-state index is 0.0967. The molecule has 114 valence electrons. The Labute approximate surface area is 120 Å². The van der Waals surface area contributed by atoms with Gasteiger partial charge in [-0.3, -0.25) is 19.7 Å². The minimum atomic E-state index is -0.843. The van der Waals surface area contributed by atoms with Crippen LogP contribution >= 0.6 is 0 Å². The highest BCUT2D eigenvalue weighted by atomic mass is 19.1. The maximum atomic E-state index is 13.5. The van der Waals surface area contributed by atoms with Crippen LogP contribution in [0.4, 0.5) is 10.1 Å². The zero-order valence-electron chi connectivity index (χ0n) is 11.7. The second-order valence-corrected chi connectivity index (χ2v) is 4.62. The summed E-state index contributed by atoms with van der Waals surface area (Å²) in [7, 11) is 0. The molecule has 0 heterocycles. The van der Waals surface area contributed by atoms with Crippen molar-refractivity contribution < 1.29 is 18.9 Å². The van der Waals surface area contributed by atoms with Crippen molar-refractivity contribution in [3.05, 3.63) is 39.7 Å². The summed E-state index contributed by atoms with van der Waals surface area (Å²) >= 11 is 0. The Morgan fingerprint density at radius 3 is 2.48 bits per heavy atom. The van der Waals surface area contributed by atoms with Gasteiger partial charge in [0.05, 0.1) is 10.5 Å². The normalized spacial score (nSPS) is 10.3. The number of benzene rings is 1. The molecule has 8 heteroatoms. The molecule has 0 radical (unpaired) electrons. The third-order valence-corrected chi connectivity index (χ3v) is 2.64. The van der Waals surface area contributed by atoms with Crippen LogP contribution in [0.1, 0.15) is 24.2 Å². The van der Waals surface area contributed by atoms with Gasteiger partial charge in [-0.25, -0.2) is 4.39 Å². The summed E-state index contributed by atoms with van der Waals surface area (Å²) in [5.41, 5.74) is -0.769. The zero-order chi connectivity index (χ0) is 16.0. The number of nitro groups is 1. The number of hydrogen-bond donors (Lipinski definition) is 2. The van der Waals surface area contributed by atoms with E-state index in [-0.39, 0.29) is 30.6 Å². The van der Waals surface area contributed by atoms with E-state index < -0.39 is 22.2 Å². The van der Waals surface area contributed by atoms with E-state index >= 15 is 0 Å². The quantitative estimate of drug-likeness (QED) is 0.468. The molecular weight excluding hydrogens is 281 g/mol. The van der Waals surface area contributed by atoms with E-state index in [1.54, 1.807) is 13.8 Å². The number of nitrogens with one attached hydrogen (secondary N) is 2. The van der Waals surface area contributed by atoms with Crippen LogP contribution in [0.15, 0.2) is 18.2 Å². The van der Waals surface area contributed by atoms with Gasteiger partial charge in [0.15, 0.2) is 0 Å². The predicted molar refractivity (Wildman–Crippen MR) is 73.2 cm³/mol. The van der Waals surface area contributed by atoms with Gasteiger partial charge in [0, 0.05) is 31.1 Å². The van der Waals surface area contributed by atoms with E-state index in [2.05, 4.69) is 10.6 Å². The SMILES string of the molecule is CC(C)C(=O)NCCNC(=O)c1cc([N+](=O)[O-])ccc1F. The highest BCUT2D eigenvalue weighted by Crippen LogP contribution is 2.16. The standard InChI is InChI=1S/C13H16FN3O4/c1-8(2)12(18)15-5-6-16-13(19)10-7-9(17(20)21)3-4-11(10)14/h3-4,7-8H,5-6H2,1-2H3,(H,15,18)(H,16,19). The Bertz CT molecular complexity index is 560. The van der Waals surface area contributed by atoms with Crippen LogP contribution in [-0.2, 0) is 4.79 Å². The van der Waals surface area contributed by atoms with Crippen LogP contribution in [0.2, 0.25) is 0 Å². The van der Waals surface area contributed by atoms with Gasteiger partial charge in [0.2, 0.25) is 5.91 Å². The molecule has 2 amide bonds. The van der Waals surface area contributed by atoms with Gasteiger partial charge in [-0.1, -0.05) is 13.8 Å². The molecule has 0 saturated carbocycles. The van der Waals surface area contributed by atoms with E-state index in [0.29, 0.717) is 0 Å². The van der Waals surface area contributed by atoms with Crippen LogP contribution in [0, 0.1) is 21.8 Å². The number of hydrogen-bond acceptors (Lipinski definition) is 4. The fourth-order valence-electron chi connectivity index (χ4n) is 1.46. The van der Waals surface area contributed by atoms with E-state index in [1.165, 1.54) is 0 Å². The molecule has 0 saturated heterocycles. The molecule has 0 fully saturated rings. The largest absolute Gasteiger partial charge is 0.354 e. The van der Waals surface area contributed by atoms with Crippen molar-refractivity contribution in [1.29, 1.82) is 0 Å². The van der Waals surface area contributed by atoms with Crippen molar-refractivity contribution in [1.82, 2.24) is 10.6 Å². The lowest BCUT2D eigenvalue weighted by molar-refractivity contribution is -0.384. The van der Waals surface area contributed by atoms with Crippen molar-refractivity contribution in [2.75, 3.05) is 13.1 Å². The van der Waals surface area contributed by atoms with Crippen molar-refractivity contribution in [3.8, 4) is 0 Å². The van der Waals surface area contributed by atoms with Crippen molar-refractivity contribution >= 4 is 17.5 Å². The lowest BCUT2D eigenvalue weighted by Gasteiger charge is -2.09. The number of amides is 2. The molecule has 1 rings (SSSR count). The van der Waals surface area contributed by atoms with Crippen molar-refractivity contribution in [2.24, 2.45) is 5.92 Å².